The van der Waals surface area contributed by atoms with E-state index in [1.165, 1.54) is 15.7 Å². The van der Waals surface area contributed by atoms with Gasteiger partial charge in [0.25, 0.3) is 0 Å². The number of aromatic nitrogens is 3. The first-order valence-electron chi connectivity index (χ1n) is 6.69. The molecule has 6 heteroatoms. The van der Waals surface area contributed by atoms with Crippen molar-refractivity contribution in [2.24, 2.45) is 0 Å². The summed E-state index contributed by atoms with van der Waals surface area (Å²) in [5, 5.41) is 14.0. The average Bonchev–Trinajstić information content (AvgIpc) is 3.02. The smallest absolute Gasteiger partial charge is 0.175 e. The first-order chi connectivity index (χ1) is 10.7. The zero-order chi connectivity index (χ0) is 15.7. The molecule has 0 aliphatic heterocycles. The number of rotatable bonds is 3. The molecule has 1 aromatic carbocycles. The molecule has 0 N–H and O–H groups in total. The molecule has 2 aromatic heterocycles. The van der Waals surface area contributed by atoms with Crippen LogP contribution in [0.5, 0.6) is 0 Å². The van der Waals surface area contributed by atoms with Gasteiger partial charge < -0.3 is 0 Å². The lowest BCUT2D eigenvalue weighted by Gasteiger charge is -2.12. The van der Waals surface area contributed by atoms with Crippen LogP contribution in [0, 0.1) is 18.3 Å². The van der Waals surface area contributed by atoms with Crippen LogP contribution in [-0.4, -0.2) is 20.9 Å². The second-order valence-corrected chi connectivity index (χ2v) is 6.14. The number of nitrogens with zero attached hydrogens (tertiary/aromatic N) is 4. The number of benzene rings is 1. The fraction of sp³-hybridized carbons (Fsp3) is 0.188. The Bertz CT molecular complexity index is 878. The van der Waals surface area contributed by atoms with Gasteiger partial charge >= 0.3 is 0 Å². The maximum absolute atomic E-state index is 9.41. The SMILES string of the molecule is CSc1ccc(Cc2c(C)c(C#N)c3ncnn3c2Cl)cc1. The molecule has 0 unspecified atom stereocenters. The van der Waals surface area contributed by atoms with E-state index in [9.17, 15) is 5.26 Å². The van der Waals surface area contributed by atoms with E-state index >= 15 is 0 Å². The van der Waals surface area contributed by atoms with E-state index < -0.39 is 0 Å². The maximum atomic E-state index is 9.41. The summed E-state index contributed by atoms with van der Waals surface area (Å²) in [6.07, 6.45) is 4.12. The molecule has 4 nitrogen and oxygen atoms in total. The van der Waals surface area contributed by atoms with Crippen molar-refractivity contribution in [2.45, 2.75) is 18.2 Å². The Kier molecular flexibility index (Phi) is 4.06. The Hall–Kier alpha value is -2.03. The zero-order valence-electron chi connectivity index (χ0n) is 12.2. The fourth-order valence-electron chi connectivity index (χ4n) is 2.44. The number of pyridine rings is 1. The molecule has 2 heterocycles. The third kappa shape index (κ3) is 2.45. The molecule has 0 saturated carbocycles. The minimum Gasteiger partial charge on any atom is -0.214 e. The van der Waals surface area contributed by atoms with Gasteiger partial charge in [0.1, 0.15) is 23.1 Å². The Labute approximate surface area is 137 Å². The summed E-state index contributed by atoms with van der Waals surface area (Å²) in [5.74, 6) is 0. The van der Waals surface area contributed by atoms with E-state index in [0.717, 1.165) is 16.7 Å². The molecule has 0 fully saturated rings. The van der Waals surface area contributed by atoms with Crippen LogP contribution >= 0.6 is 23.4 Å². The molecule has 110 valence electrons. The quantitative estimate of drug-likeness (QED) is 0.541. The van der Waals surface area contributed by atoms with E-state index in [0.29, 0.717) is 22.8 Å². The molecule has 3 rings (SSSR count). The molecule has 0 aliphatic rings. The second-order valence-electron chi connectivity index (χ2n) is 4.90. The highest BCUT2D eigenvalue weighted by Gasteiger charge is 2.17. The molecule has 0 radical (unpaired) electrons. The first kappa shape index (κ1) is 14.9. The molecular weight excluding hydrogens is 316 g/mol. The number of fused-ring (bicyclic) bond motifs is 1. The largest absolute Gasteiger partial charge is 0.214 e. The Morgan fingerprint density at radius 3 is 2.68 bits per heavy atom. The van der Waals surface area contributed by atoms with E-state index in [4.69, 9.17) is 11.6 Å². The lowest BCUT2D eigenvalue weighted by atomic mass is 9.99. The Morgan fingerprint density at radius 2 is 2.05 bits per heavy atom. The monoisotopic (exact) mass is 328 g/mol. The summed E-state index contributed by atoms with van der Waals surface area (Å²) in [4.78, 5) is 5.34. The summed E-state index contributed by atoms with van der Waals surface area (Å²) in [6, 6.07) is 10.5. The van der Waals surface area contributed by atoms with Gasteiger partial charge in [0, 0.05) is 11.3 Å². The van der Waals surface area contributed by atoms with Gasteiger partial charge in [0.2, 0.25) is 0 Å². The number of thioether (sulfide) groups is 1. The van der Waals surface area contributed by atoms with E-state index in [2.05, 4.69) is 40.4 Å². The van der Waals surface area contributed by atoms with Crippen LogP contribution in [-0.2, 0) is 6.42 Å². The van der Waals surface area contributed by atoms with Crippen molar-refractivity contribution < 1.29 is 0 Å². The second kappa shape index (κ2) is 5.99. The Balaban J connectivity index is 2.11. The average molecular weight is 329 g/mol. The van der Waals surface area contributed by atoms with Gasteiger partial charge in [-0.1, -0.05) is 23.7 Å². The van der Waals surface area contributed by atoms with Crippen LogP contribution in [0.2, 0.25) is 5.15 Å². The lowest BCUT2D eigenvalue weighted by Crippen LogP contribution is -2.04. The molecule has 0 atom stereocenters. The predicted molar refractivity (Wildman–Crippen MR) is 88.5 cm³/mol. The molecule has 0 saturated heterocycles. The predicted octanol–water partition coefficient (Wildman–Crippen LogP) is 3.88. The fourth-order valence-corrected chi connectivity index (χ4v) is 3.18. The van der Waals surface area contributed by atoms with Crippen LogP contribution < -0.4 is 0 Å². The van der Waals surface area contributed by atoms with E-state index in [1.54, 1.807) is 11.8 Å². The van der Waals surface area contributed by atoms with Crippen molar-refractivity contribution in [3.63, 3.8) is 0 Å². The Morgan fingerprint density at radius 1 is 1.32 bits per heavy atom. The third-order valence-corrected chi connectivity index (χ3v) is 4.82. The molecule has 0 aliphatic carbocycles. The van der Waals surface area contributed by atoms with Crippen molar-refractivity contribution in [3.8, 4) is 6.07 Å². The zero-order valence-corrected chi connectivity index (χ0v) is 13.7. The van der Waals surface area contributed by atoms with Gasteiger partial charge in [-0.25, -0.2) is 9.50 Å². The molecular formula is C16H13ClN4S. The molecule has 0 amide bonds. The summed E-state index contributed by atoms with van der Waals surface area (Å²) in [5.41, 5.74) is 3.95. The summed E-state index contributed by atoms with van der Waals surface area (Å²) >= 11 is 8.18. The van der Waals surface area contributed by atoms with Crippen LogP contribution in [0.1, 0.15) is 22.3 Å². The van der Waals surface area contributed by atoms with Crippen molar-refractivity contribution in [1.82, 2.24) is 14.6 Å². The van der Waals surface area contributed by atoms with Crippen molar-refractivity contribution in [3.05, 3.63) is 58.0 Å². The van der Waals surface area contributed by atoms with Crippen LogP contribution in [0.25, 0.3) is 5.65 Å². The molecule has 3 aromatic rings. The maximum Gasteiger partial charge on any atom is 0.175 e. The standard InChI is InChI=1S/C16H13ClN4S/c1-10-13(7-11-3-5-12(22-2)6-4-11)15(17)21-16(14(10)8-18)19-9-20-21/h3-6,9H,7H2,1-2H3. The highest BCUT2D eigenvalue weighted by Crippen LogP contribution is 2.28. The van der Waals surface area contributed by atoms with Gasteiger partial charge in [0.15, 0.2) is 5.65 Å². The van der Waals surface area contributed by atoms with Crippen molar-refractivity contribution in [2.75, 3.05) is 6.26 Å². The molecule has 0 bridgehead atoms. The minimum atomic E-state index is 0.506. The van der Waals surface area contributed by atoms with Gasteiger partial charge in [-0.15, -0.1) is 11.8 Å². The van der Waals surface area contributed by atoms with Crippen LogP contribution in [0.4, 0.5) is 0 Å². The molecule has 22 heavy (non-hydrogen) atoms. The van der Waals surface area contributed by atoms with Crippen LogP contribution in [0.15, 0.2) is 35.5 Å². The highest BCUT2D eigenvalue weighted by atomic mass is 35.5. The van der Waals surface area contributed by atoms with Gasteiger partial charge in [-0.2, -0.15) is 10.4 Å². The van der Waals surface area contributed by atoms with Gasteiger partial charge in [0.05, 0.1) is 0 Å². The van der Waals surface area contributed by atoms with E-state index in [1.807, 2.05) is 13.2 Å². The first-order valence-corrected chi connectivity index (χ1v) is 8.29. The third-order valence-electron chi connectivity index (χ3n) is 3.69. The number of hydrogen-bond donors (Lipinski definition) is 0. The van der Waals surface area contributed by atoms with E-state index in [-0.39, 0.29) is 0 Å². The van der Waals surface area contributed by atoms with Gasteiger partial charge in [-0.05, 0) is 42.0 Å². The summed E-state index contributed by atoms with van der Waals surface area (Å²) in [6.45, 7) is 1.91. The number of nitriles is 1. The highest BCUT2D eigenvalue weighted by molar-refractivity contribution is 7.98. The normalized spacial score (nSPS) is 10.8. The van der Waals surface area contributed by atoms with Crippen molar-refractivity contribution >= 4 is 29.0 Å². The minimum absolute atomic E-state index is 0.506. The molecule has 0 spiro atoms. The number of halogens is 1. The van der Waals surface area contributed by atoms with Crippen LogP contribution in [0.3, 0.4) is 0 Å². The number of hydrogen-bond acceptors (Lipinski definition) is 4. The summed E-state index contributed by atoms with van der Waals surface area (Å²) in [7, 11) is 0. The van der Waals surface area contributed by atoms with Crippen molar-refractivity contribution in [1.29, 1.82) is 5.26 Å². The summed E-state index contributed by atoms with van der Waals surface area (Å²) < 4.78 is 1.53. The lowest BCUT2D eigenvalue weighted by molar-refractivity contribution is 0.932. The topological polar surface area (TPSA) is 54.0 Å². The van der Waals surface area contributed by atoms with Gasteiger partial charge in [-0.3, -0.25) is 0 Å².